The molecule has 154 valence electrons. The largest absolute Gasteiger partial charge is 0.481 e. The molecule has 0 bridgehead atoms. The molecule has 0 saturated heterocycles. The van der Waals surface area contributed by atoms with E-state index in [9.17, 15) is 18.0 Å². The number of carbonyl (C=O) groups is 1. The number of nitrogens with two attached hydrogens (primary N) is 1. The molecule has 4 N–H and O–H groups in total. The van der Waals surface area contributed by atoms with Gasteiger partial charge in [-0.2, -0.15) is 5.48 Å². The first-order chi connectivity index (χ1) is 13.2. The zero-order chi connectivity index (χ0) is 21.1. The molecule has 2 aromatic rings. The van der Waals surface area contributed by atoms with E-state index in [-0.39, 0.29) is 25.0 Å². The lowest BCUT2D eigenvalue weighted by atomic mass is 10.0. The predicted molar refractivity (Wildman–Crippen MR) is 99.8 cm³/mol. The van der Waals surface area contributed by atoms with Gasteiger partial charge in [0.1, 0.15) is 5.82 Å². The number of carboxylic acids is 1. The molecule has 0 spiro atoms. The Bertz CT molecular complexity index is 740. The molecule has 0 unspecified atom stereocenters. The van der Waals surface area contributed by atoms with Crippen molar-refractivity contribution in [1.82, 2.24) is 5.48 Å². The van der Waals surface area contributed by atoms with Crippen molar-refractivity contribution in [1.29, 1.82) is 0 Å². The molecule has 0 amide bonds. The van der Waals surface area contributed by atoms with Gasteiger partial charge in [-0.05, 0) is 29.7 Å². The molecule has 0 radical (unpaired) electrons. The van der Waals surface area contributed by atoms with Gasteiger partial charge in [0, 0.05) is 12.1 Å². The van der Waals surface area contributed by atoms with Crippen molar-refractivity contribution in [2.75, 3.05) is 0 Å². The summed E-state index contributed by atoms with van der Waals surface area (Å²) < 4.78 is 39.9. The quantitative estimate of drug-likeness (QED) is 0.468. The standard InChI is InChI=1S/C17H16F3NO3.C3H9N/c18-14-9-16(20)15(19)7-12(14)6-13(8-17(22)23)21-24-10-11-4-2-1-3-5-11;1-3(2)4/h1-5,7,9,13,21H,6,8,10H2,(H,22,23);3H,4H2,1-2H3/t13-;/m1./s1. The van der Waals surface area contributed by atoms with Crippen LogP contribution < -0.4 is 11.2 Å². The van der Waals surface area contributed by atoms with Crippen LogP contribution in [0, 0.1) is 17.5 Å². The smallest absolute Gasteiger partial charge is 0.305 e. The van der Waals surface area contributed by atoms with Crippen molar-refractivity contribution in [2.45, 2.75) is 45.4 Å². The summed E-state index contributed by atoms with van der Waals surface area (Å²) in [5.41, 5.74) is 8.39. The van der Waals surface area contributed by atoms with E-state index in [1.807, 2.05) is 44.2 Å². The molecule has 2 aromatic carbocycles. The van der Waals surface area contributed by atoms with Crippen molar-refractivity contribution in [3.8, 4) is 0 Å². The van der Waals surface area contributed by atoms with Crippen LogP contribution >= 0.6 is 0 Å². The van der Waals surface area contributed by atoms with Gasteiger partial charge in [0.25, 0.3) is 0 Å². The van der Waals surface area contributed by atoms with E-state index in [1.54, 1.807) is 0 Å². The van der Waals surface area contributed by atoms with Crippen LogP contribution in [0.5, 0.6) is 0 Å². The van der Waals surface area contributed by atoms with Crippen LogP contribution in [-0.4, -0.2) is 23.2 Å². The average molecular weight is 398 g/mol. The zero-order valence-corrected chi connectivity index (χ0v) is 15.8. The highest BCUT2D eigenvalue weighted by Crippen LogP contribution is 2.16. The summed E-state index contributed by atoms with van der Waals surface area (Å²) in [6.07, 6.45) is -0.530. The minimum absolute atomic E-state index is 0.129. The highest BCUT2D eigenvalue weighted by Gasteiger charge is 2.18. The first kappa shape index (κ1) is 23.6. The third-order valence-electron chi connectivity index (χ3n) is 3.31. The van der Waals surface area contributed by atoms with Crippen LogP contribution in [0.25, 0.3) is 0 Å². The van der Waals surface area contributed by atoms with E-state index < -0.39 is 29.5 Å². The number of carboxylic acid groups (broad SMARTS) is 1. The van der Waals surface area contributed by atoms with Gasteiger partial charge < -0.3 is 10.8 Å². The van der Waals surface area contributed by atoms with Crippen molar-refractivity contribution in [3.63, 3.8) is 0 Å². The summed E-state index contributed by atoms with van der Waals surface area (Å²) in [5.74, 6) is -4.54. The molecule has 2 rings (SSSR count). The van der Waals surface area contributed by atoms with Gasteiger partial charge in [0.2, 0.25) is 0 Å². The third kappa shape index (κ3) is 9.50. The summed E-state index contributed by atoms with van der Waals surface area (Å²) in [7, 11) is 0. The Balaban J connectivity index is 0.000000892. The van der Waals surface area contributed by atoms with Gasteiger partial charge in [-0.25, -0.2) is 13.2 Å². The molecule has 0 aromatic heterocycles. The van der Waals surface area contributed by atoms with Crippen LogP contribution in [0.2, 0.25) is 0 Å². The second kappa shape index (κ2) is 12.1. The summed E-state index contributed by atoms with van der Waals surface area (Å²) in [4.78, 5) is 16.2. The first-order valence-corrected chi connectivity index (χ1v) is 8.71. The maximum absolute atomic E-state index is 13.7. The molecule has 28 heavy (non-hydrogen) atoms. The number of hydrogen-bond donors (Lipinski definition) is 3. The highest BCUT2D eigenvalue weighted by atomic mass is 19.2. The Hall–Kier alpha value is -2.42. The maximum Gasteiger partial charge on any atom is 0.305 e. The Morgan fingerprint density at radius 2 is 1.68 bits per heavy atom. The van der Waals surface area contributed by atoms with E-state index in [1.165, 1.54) is 0 Å². The number of hydrogen-bond acceptors (Lipinski definition) is 4. The zero-order valence-electron chi connectivity index (χ0n) is 15.8. The molecule has 0 aliphatic heterocycles. The lowest BCUT2D eigenvalue weighted by Gasteiger charge is -2.17. The van der Waals surface area contributed by atoms with Gasteiger partial charge in [-0.15, -0.1) is 0 Å². The summed E-state index contributed by atoms with van der Waals surface area (Å²) >= 11 is 0. The summed E-state index contributed by atoms with van der Waals surface area (Å²) in [6, 6.07) is 9.83. The minimum Gasteiger partial charge on any atom is -0.481 e. The number of benzene rings is 2. The van der Waals surface area contributed by atoms with Gasteiger partial charge in [0.05, 0.1) is 13.0 Å². The SMILES string of the molecule is CC(C)N.O=C(O)C[C@@H](Cc1cc(F)c(F)cc1F)NOCc1ccccc1. The molecule has 0 aliphatic rings. The van der Waals surface area contributed by atoms with Crippen LogP contribution in [0.3, 0.4) is 0 Å². The monoisotopic (exact) mass is 398 g/mol. The normalized spacial score (nSPS) is 11.7. The van der Waals surface area contributed by atoms with E-state index in [4.69, 9.17) is 15.7 Å². The van der Waals surface area contributed by atoms with E-state index in [0.29, 0.717) is 12.1 Å². The van der Waals surface area contributed by atoms with Gasteiger partial charge in [-0.3, -0.25) is 9.63 Å². The van der Waals surface area contributed by atoms with Gasteiger partial charge >= 0.3 is 5.97 Å². The van der Waals surface area contributed by atoms with Crippen molar-refractivity contribution in [2.24, 2.45) is 5.73 Å². The molecule has 0 saturated carbocycles. The number of halogens is 3. The Morgan fingerprint density at radius 3 is 2.25 bits per heavy atom. The fourth-order valence-electron chi connectivity index (χ4n) is 2.17. The Morgan fingerprint density at radius 1 is 1.11 bits per heavy atom. The molecule has 5 nitrogen and oxygen atoms in total. The van der Waals surface area contributed by atoms with Crippen molar-refractivity contribution in [3.05, 3.63) is 71.0 Å². The molecule has 0 fully saturated rings. The fraction of sp³-hybridized carbons (Fsp3) is 0.350. The fourth-order valence-corrected chi connectivity index (χ4v) is 2.17. The van der Waals surface area contributed by atoms with Gasteiger partial charge in [-0.1, -0.05) is 44.2 Å². The van der Waals surface area contributed by atoms with E-state index in [2.05, 4.69) is 5.48 Å². The molecular formula is C20H25F3N2O3. The lowest BCUT2D eigenvalue weighted by Crippen LogP contribution is -2.33. The lowest BCUT2D eigenvalue weighted by molar-refractivity contribution is -0.138. The van der Waals surface area contributed by atoms with E-state index in [0.717, 1.165) is 11.6 Å². The van der Waals surface area contributed by atoms with Gasteiger partial charge in [0.15, 0.2) is 11.6 Å². The van der Waals surface area contributed by atoms with Crippen LogP contribution in [-0.2, 0) is 22.7 Å². The molecule has 1 atom stereocenters. The Labute approximate surface area is 162 Å². The van der Waals surface area contributed by atoms with Crippen LogP contribution in [0.1, 0.15) is 31.4 Å². The van der Waals surface area contributed by atoms with E-state index >= 15 is 0 Å². The van der Waals surface area contributed by atoms with Crippen molar-refractivity contribution < 1.29 is 27.9 Å². The minimum atomic E-state index is -1.29. The average Bonchev–Trinajstić information content (AvgIpc) is 2.59. The summed E-state index contributed by atoms with van der Waals surface area (Å²) in [6.45, 7) is 4.07. The topological polar surface area (TPSA) is 84.6 Å². The molecule has 0 heterocycles. The molecular weight excluding hydrogens is 373 g/mol. The second-order valence-electron chi connectivity index (χ2n) is 6.49. The molecule has 8 heteroatoms. The number of nitrogens with one attached hydrogen (secondary N) is 1. The molecule has 0 aliphatic carbocycles. The van der Waals surface area contributed by atoms with Crippen molar-refractivity contribution >= 4 is 5.97 Å². The maximum atomic E-state index is 13.7. The van der Waals surface area contributed by atoms with Crippen LogP contribution in [0.15, 0.2) is 42.5 Å². The number of aliphatic carboxylic acids is 1. The highest BCUT2D eigenvalue weighted by molar-refractivity contribution is 5.67. The van der Waals surface area contributed by atoms with Crippen LogP contribution in [0.4, 0.5) is 13.2 Å². The number of hydroxylamine groups is 1. The third-order valence-corrected chi connectivity index (χ3v) is 3.31. The predicted octanol–water partition coefficient (Wildman–Crippen LogP) is 3.56. The second-order valence-corrected chi connectivity index (χ2v) is 6.49. The Kier molecular flexibility index (Phi) is 10.2. The summed E-state index contributed by atoms with van der Waals surface area (Å²) in [5, 5.41) is 8.92. The number of rotatable bonds is 8. The first-order valence-electron chi connectivity index (χ1n) is 8.71.